The average Bonchev–Trinajstić information content (AvgIpc) is 2.61. The smallest absolute Gasteiger partial charge is 0.411 e. The molecule has 0 aliphatic carbocycles. The van der Waals surface area contributed by atoms with Crippen LogP contribution >= 0.6 is 0 Å². The number of hydrogen-bond donors (Lipinski definition) is 1. The van der Waals surface area contributed by atoms with Gasteiger partial charge in [0.25, 0.3) is 0 Å². The highest BCUT2D eigenvalue weighted by Crippen LogP contribution is 2.30. The molecule has 0 aliphatic heterocycles. The van der Waals surface area contributed by atoms with Gasteiger partial charge in [-0.15, -0.1) is 0 Å². The number of sulfonamides is 1. The van der Waals surface area contributed by atoms with Crippen LogP contribution in [0.1, 0.15) is 0 Å². The molecule has 25 heavy (non-hydrogen) atoms. The third-order valence-corrected chi connectivity index (χ3v) is 4.15. The zero-order valence-electron chi connectivity index (χ0n) is 13.6. The van der Waals surface area contributed by atoms with Crippen molar-refractivity contribution in [1.29, 1.82) is 0 Å². The van der Waals surface area contributed by atoms with Gasteiger partial charge >= 0.3 is 6.09 Å². The Bertz CT molecular complexity index is 832. The van der Waals surface area contributed by atoms with Gasteiger partial charge < -0.3 is 23.9 Å². The summed E-state index contributed by atoms with van der Waals surface area (Å²) in [5.41, 5.74) is 0.371. The van der Waals surface area contributed by atoms with Crippen LogP contribution in [-0.2, 0) is 14.8 Å². The number of hydrogen-bond acceptors (Lipinski definition) is 8. The van der Waals surface area contributed by atoms with Crippen LogP contribution in [-0.4, -0.2) is 45.8 Å². The highest BCUT2D eigenvalue weighted by Gasteiger charge is 2.11. The Morgan fingerprint density at radius 2 is 1.76 bits per heavy atom. The Balaban J connectivity index is 2.23. The molecule has 1 aromatic heterocycles. The molecule has 0 spiro atoms. The summed E-state index contributed by atoms with van der Waals surface area (Å²) in [6.07, 6.45) is -0.666. The second kappa shape index (κ2) is 7.66. The molecule has 10 nitrogen and oxygen atoms in total. The zero-order chi connectivity index (χ0) is 18.4. The van der Waals surface area contributed by atoms with Crippen LogP contribution in [0.3, 0.4) is 0 Å². The molecule has 0 aliphatic rings. The molecule has 1 N–H and O–H groups in total. The van der Waals surface area contributed by atoms with E-state index in [-0.39, 0.29) is 22.6 Å². The molecule has 0 bridgehead atoms. The summed E-state index contributed by atoms with van der Waals surface area (Å²) in [5.74, 6) is -0.0288. The molecule has 0 saturated heterocycles. The van der Waals surface area contributed by atoms with Crippen LogP contribution in [0.4, 0.5) is 16.3 Å². The van der Waals surface area contributed by atoms with Crippen LogP contribution in [0, 0.1) is 0 Å². The predicted molar refractivity (Wildman–Crippen MR) is 87.8 cm³/mol. The van der Waals surface area contributed by atoms with Crippen molar-refractivity contribution in [1.82, 2.24) is 9.97 Å². The standard InChI is InChI=1S/C14H16N4O6S/c1-22-12-8-11(16-13(17-12)23-2)18-25(20,21)10-6-4-9(5-7-10)15-14(19)24-3/h4-8H,1-3H3,(H2,15,16,17,18,19)/p-1. The van der Waals surface area contributed by atoms with Gasteiger partial charge in [0.2, 0.25) is 21.9 Å². The number of nitrogens with one attached hydrogen (secondary N) is 1. The third kappa shape index (κ3) is 4.70. The number of nitrogens with zero attached hydrogens (tertiary/aromatic N) is 3. The van der Waals surface area contributed by atoms with Gasteiger partial charge in [-0.3, -0.25) is 5.32 Å². The first-order valence-electron chi connectivity index (χ1n) is 6.78. The highest BCUT2D eigenvalue weighted by atomic mass is 32.2. The van der Waals surface area contributed by atoms with Gasteiger partial charge in [-0.2, -0.15) is 4.98 Å². The number of ether oxygens (including phenoxy) is 3. The minimum atomic E-state index is -4.03. The van der Waals surface area contributed by atoms with Crippen molar-refractivity contribution in [3.63, 3.8) is 0 Å². The molecule has 0 saturated carbocycles. The topological polar surface area (TPSA) is 131 Å². The van der Waals surface area contributed by atoms with E-state index < -0.39 is 16.1 Å². The number of benzene rings is 1. The molecular formula is C14H15N4O6S-. The monoisotopic (exact) mass is 367 g/mol. The van der Waals surface area contributed by atoms with E-state index in [9.17, 15) is 13.2 Å². The fraction of sp³-hybridized carbons (Fsp3) is 0.214. The molecule has 0 fully saturated rings. The Morgan fingerprint density at radius 3 is 2.32 bits per heavy atom. The van der Waals surface area contributed by atoms with Gasteiger partial charge in [0.1, 0.15) is 0 Å². The van der Waals surface area contributed by atoms with Crippen molar-refractivity contribution < 1.29 is 27.4 Å². The fourth-order valence-electron chi connectivity index (χ4n) is 1.69. The van der Waals surface area contributed by atoms with E-state index in [0.717, 1.165) is 0 Å². The Hall–Kier alpha value is -3.08. The summed E-state index contributed by atoms with van der Waals surface area (Å²) in [4.78, 5) is 18.7. The molecular weight excluding hydrogens is 352 g/mol. The molecule has 0 atom stereocenters. The molecule has 0 unspecified atom stereocenters. The lowest BCUT2D eigenvalue weighted by molar-refractivity contribution is 0.187. The van der Waals surface area contributed by atoms with Crippen molar-refractivity contribution in [2.75, 3.05) is 26.6 Å². The highest BCUT2D eigenvalue weighted by molar-refractivity contribution is 7.94. The first kappa shape index (κ1) is 18.3. The number of methoxy groups -OCH3 is 3. The van der Waals surface area contributed by atoms with E-state index in [1.807, 2.05) is 0 Å². The number of rotatable bonds is 6. The van der Waals surface area contributed by atoms with Gasteiger partial charge in [0, 0.05) is 11.8 Å². The minimum Gasteiger partial charge on any atom is -0.483 e. The minimum absolute atomic E-state index is 0.0778. The maximum atomic E-state index is 12.4. The second-order valence-electron chi connectivity index (χ2n) is 4.46. The molecule has 1 amide bonds. The lowest BCUT2D eigenvalue weighted by atomic mass is 10.3. The molecule has 134 valence electrons. The number of carbonyl (C=O) groups excluding carboxylic acids is 1. The van der Waals surface area contributed by atoms with Crippen molar-refractivity contribution in [2.24, 2.45) is 0 Å². The van der Waals surface area contributed by atoms with Crippen molar-refractivity contribution >= 4 is 27.6 Å². The quantitative estimate of drug-likeness (QED) is 0.821. The van der Waals surface area contributed by atoms with Gasteiger partial charge in [-0.25, -0.2) is 13.2 Å². The molecule has 2 aromatic rings. The lowest BCUT2D eigenvalue weighted by Gasteiger charge is -2.17. The summed E-state index contributed by atoms with van der Waals surface area (Å²) in [5, 5.41) is 2.41. The van der Waals surface area contributed by atoms with E-state index in [1.165, 1.54) is 51.7 Å². The van der Waals surface area contributed by atoms with Crippen molar-refractivity contribution in [2.45, 2.75) is 4.90 Å². The maximum absolute atomic E-state index is 12.4. The van der Waals surface area contributed by atoms with Crippen LogP contribution in [0.2, 0.25) is 0 Å². The van der Waals surface area contributed by atoms with Gasteiger partial charge in [-0.1, -0.05) is 0 Å². The number of amides is 1. The number of carbonyl (C=O) groups is 1. The van der Waals surface area contributed by atoms with Crippen molar-refractivity contribution in [3.05, 3.63) is 35.1 Å². The van der Waals surface area contributed by atoms with E-state index in [1.54, 1.807) is 0 Å². The SMILES string of the molecule is COC(=O)Nc1ccc(S(=O)(=O)[N-]c2cc(OC)nc(OC)n2)cc1. The van der Waals surface area contributed by atoms with E-state index >= 15 is 0 Å². The summed E-state index contributed by atoms with van der Waals surface area (Å²) in [6, 6.07) is 6.57. The van der Waals surface area contributed by atoms with Crippen LogP contribution in [0.15, 0.2) is 35.2 Å². The van der Waals surface area contributed by atoms with E-state index in [0.29, 0.717) is 5.69 Å². The normalized spacial score (nSPS) is 10.7. The molecule has 11 heteroatoms. The average molecular weight is 367 g/mol. The molecule has 0 radical (unpaired) electrons. The van der Waals surface area contributed by atoms with Gasteiger partial charge in [0.15, 0.2) is 0 Å². The lowest BCUT2D eigenvalue weighted by Crippen LogP contribution is -2.10. The fourth-order valence-corrected chi connectivity index (χ4v) is 2.62. The number of aromatic nitrogens is 2. The summed E-state index contributed by atoms with van der Waals surface area (Å²) in [6.45, 7) is 0. The Morgan fingerprint density at radius 1 is 1.08 bits per heavy atom. The molecule has 1 aromatic carbocycles. The van der Waals surface area contributed by atoms with Crippen LogP contribution in [0.5, 0.6) is 11.9 Å². The Kier molecular flexibility index (Phi) is 5.60. The summed E-state index contributed by atoms with van der Waals surface area (Å²) < 4.78 is 42.6. The second-order valence-corrected chi connectivity index (χ2v) is 6.07. The zero-order valence-corrected chi connectivity index (χ0v) is 14.4. The van der Waals surface area contributed by atoms with Crippen LogP contribution in [0.25, 0.3) is 4.72 Å². The maximum Gasteiger partial charge on any atom is 0.411 e. The van der Waals surface area contributed by atoms with Gasteiger partial charge in [-0.05, 0) is 30.1 Å². The van der Waals surface area contributed by atoms with Crippen LogP contribution < -0.4 is 14.8 Å². The van der Waals surface area contributed by atoms with E-state index in [4.69, 9.17) is 9.47 Å². The largest absolute Gasteiger partial charge is 0.483 e. The Labute approximate surface area is 144 Å². The van der Waals surface area contributed by atoms with E-state index in [2.05, 4.69) is 24.7 Å². The van der Waals surface area contributed by atoms with Crippen molar-refractivity contribution in [3.8, 4) is 11.9 Å². The molecule has 1 heterocycles. The molecule has 2 rings (SSSR count). The number of anilines is 1. The predicted octanol–water partition coefficient (Wildman–Crippen LogP) is 2.07. The van der Waals surface area contributed by atoms with Gasteiger partial charge in [0.05, 0.1) is 26.2 Å². The summed E-state index contributed by atoms with van der Waals surface area (Å²) in [7, 11) is -0.113. The first-order valence-corrected chi connectivity index (χ1v) is 8.22. The third-order valence-electron chi connectivity index (χ3n) is 2.86. The first-order chi connectivity index (χ1) is 11.9. The summed E-state index contributed by atoms with van der Waals surface area (Å²) >= 11 is 0.